The number of phenols is 1. The molecule has 4 aliphatic rings. The Morgan fingerprint density at radius 2 is 1.36 bits per heavy atom. The van der Waals surface area contributed by atoms with Crippen molar-refractivity contribution < 1.29 is 48.8 Å². The van der Waals surface area contributed by atoms with Crippen molar-refractivity contribution in [1.29, 1.82) is 0 Å². The molecule has 1 aromatic carbocycles. The highest BCUT2D eigenvalue weighted by molar-refractivity contribution is 6.08. The summed E-state index contributed by atoms with van der Waals surface area (Å²) in [6, 6.07) is 4.82. The number of fused-ring (bicyclic) bond motifs is 4. The van der Waals surface area contributed by atoms with Gasteiger partial charge in [0.2, 0.25) is 23.6 Å². The molecule has 3 fully saturated rings. The van der Waals surface area contributed by atoms with Crippen molar-refractivity contribution in [3.8, 4) is 11.5 Å². The van der Waals surface area contributed by atoms with E-state index in [1.54, 1.807) is 12.1 Å². The molecule has 2 aliphatic carbocycles. The lowest BCUT2D eigenvalue weighted by Gasteiger charge is -2.44. The van der Waals surface area contributed by atoms with Crippen molar-refractivity contribution in [2.45, 2.75) is 70.1 Å². The van der Waals surface area contributed by atoms with Crippen molar-refractivity contribution in [3.63, 3.8) is 0 Å². The van der Waals surface area contributed by atoms with E-state index in [-0.39, 0.29) is 61.7 Å². The van der Waals surface area contributed by atoms with E-state index in [1.807, 2.05) is 6.08 Å². The lowest BCUT2D eigenvalue weighted by molar-refractivity contribution is -0.142. The summed E-state index contributed by atoms with van der Waals surface area (Å²) >= 11 is 0. The van der Waals surface area contributed by atoms with Crippen molar-refractivity contribution in [2.24, 2.45) is 29.6 Å². The molecule has 12 nitrogen and oxygen atoms in total. The maximum absolute atomic E-state index is 13.9. The number of carbonyl (C=O) groups is 6. The van der Waals surface area contributed by atoms with Gasteiger partial charge in [-0.1, -0.05) is 30.6 Å². The number of likely N-dealkylation sites (tertiary alicyclic amines) is 2. The molecule has 0 spiro atoms. The van der Waals surface area contributed by atoms with Crippen LogP contribution in [0.4, 0.5) is 0 Å². The molecule has 0 unspecified atom stereocenters. The van der Waals surface area contributed by atoms with Crippen LogP contribution in [0.3, 0.4) is 0 Å². The van der Waals surface area contributed by atoms with Crippen molar-refractivity contribution >= 4 is 35.6 Å². The predicted molar refractivity (Wildman–Crippen MR) is 158 cm³/mol. The van der Waals surface area contributed by atoms with Crippen LogP contribution in [-0.2, 0) is 28.8 Å². The van der Waals surface area contributed by atoms with Gasteiger partial charge in [0.05, 0.1) is 30.8 Å². The van der Waals surface area contributed by atoms with Crippen LogP contribution in [0.2, 0.25) is 0 Å². The van der Waals surface area contributed by atoms with Gasteiger partial charge >= 0.3 is 11.9 Å². The number of aromatic hydroxyl groups is 1. The van der Waals surface area contributed by atoms with E-state index in [0.29, 0.717) is 56.3 Å². The van der Waals surface area contributed by atoms with E-state index in [1.165, 1.54) is 23.0 Å². The maximum Gasteiger partial charge on any atom is 0.303 e. The van der Waals surface area contributed by atoms with Gasteiger partial charge in [0.15, 0.2) is 0 Å². The summed E-state index contributed by atoms with van der Waals surface area (Å²) in [5.74, 6) is -6.66. The highest BCUT2D eigenvalue weighted by Gasteiger charge is 2.62. The second-order valence-electron chi connectivity index (χ2n) is 12.5. The van der Waals surface area contributed by atoms with Crippen molar-refractivity contribution in [2.75, 3.05) is 20.2 Å². The van der Waals surface area contributed by atoms with Gasteiger partial charge in [-0.05, 0) is 50.5 Å². The minimum atomic E-state index is -0.901. The largest absolute Gasteiger partial charge is 0.508 e. The van der Waals surface area contributed by atoms with Crippen LogP contribution in [0, 0.1) is 29.6 Å². The number of carboxylic acid groups (broad SMARTS) is 2. The Hall–Kier alpha value is -4.22. The molecule has 2 heterocycles. The van der Waals surface area contributed by atoms with E-state index >= 15 is 0 Å². The molecular formula is C33H40N2O10. The van der Waals surface area contributed by atoms with E-state index < -0.39 is 47.4 Å². The Kier molecular flexibility index (Phi) is 9.59. The zero-order valence-corrected chi connectivity index (χ0v) is 25.4. The van der Waals surface area contributed by atoms with Crippen molar-refractivity contribution in [1.82, 2.24) is 9.80 Å². The minimum absolute atomic E-state index is 0.0104. The first kappa shape index (κ1) is 32.2. The number of aliphatic carboxylic acids is 2. The van der Waals surface area contributed by atoms with Crippen molar-refractivity contribution in [3.05, 3.63) is 35.4 Å². The Labute approximate surface area is 261 Å². The first-order valence-electron chi connectivity index (χ1n) is 15.8. The molecule has 0 bridgehead atoms. The lowest BCUT2D eigenvalue weighted by atomic mass is 9.57. The second kappa shape index (κ2) is 13.4. The highest BCUT2D eigenvalue weighted by Crippen LogP contribution is 2.59. The highest BCUT2D eigenvalue weighted by atomic mass is 16.5. The molecule has 0 radical (unpaired) electrons. The smallest absolute Gasteiger partial charge is 0.303 e. The van der Waals surface area contributed by atoms with Gasteiger partial charge in [0.25, 0.3) is 0 Å². The third-order valence-corrected chi connectivity index (χ3v) is 9.95. The van der Waals surface area contributed by atoms with Gasteiger partial charge in [0.1, 0.15) is 11.5 Å². The van der Waals surface area contributed by atoms with Gasteiger partial charge in [0, 0.05) is 43.5 Å². The zero-order chi connectivity index (χ0) is 32.4. The number of imide groups is 2. The Balaban J connectivity index is 1.42. The summed E-state index contributed by atoms with van der Waals surface area (Å²) in [6.45, 7) is 0.364. The summed E-state index contributed by atoms with van der Waals surface area (Å²) in [5.41, 5.74) is 1.24. The first-order valence-corrected chi connectivity index (χ1v) is 15.8. The SMILES string of the molecule is COc1ccc([C@H]2C3=CC[C@@H]4C(=O)N(CCCCCC(=O)O)C(=O)[C@@H]4[C@@H]3C[C@H]3C(=O)N(CCCCCC(=O)O)C(=O)[C@@H]23)c(O)c1. The number of carbonyl (C=O) groups excluding carboxylic acids is 4. The number of rotatable bonds is 14. The number of nitrogens with zero attached hydrogens (tertiary/aromatic N) is 2. The first-order chi connectivity index (χ1) is 21.5. The predicted octanol–water partition coefficient (Wildman–Crippen LogP) is 3.33. The summed E-state index contributed by atoms with van der Waals surface area (Å²) in [5, 5.41) is 28.9. The summed E-state index contributed by atoms with van der Waals surface area (Å²) in [4.78, 5) is 79.3. The number of benzene rings is 1. The molecule has 1 aromatic rings. The fourth-order valence-corrected chi connectivity index (χ4v) is 7.87. The van der Waals surface area contributed by atoms with E-state index in [4.69, 9.17) is 14.9 Å². The topological polar surface area (TPSA) is 179 Å². The number of methoxy groups -OCH3 is 1. The molecule has 5 rings (SSSR count). The van der Waals surface area contributed by atoms with Gasteiger partial charge in [-0.25, -0.2) is 0 Å². The molecule has 242 valence electrons. The van der Waals surface area contributed by atoms with Crippen LogP contribution in [0.25, 0.3) is 0 Å². The molecule has 45 heavy (non-hydrogen) atoms. The molecule has 4 amide bonds. The summed E-state index contributed by atoms with van der Waals surface area (Å²) in [7, 11) is 1.47. The average Bonchev–Trinajstić information content (AvgIpc) is 3.39. The molecule has 0 aromatic heterocycles. The Morgan fingerprint density at radius 3 is 1.91 bits per heavy atom. The van der Waals surface area contributed by atoms with E-state index in [0.717, 1.165) is 5.57 Å². The molecule has 12 heteroatoms. The third kappa shape index (κ3) is 6.19. The average molecular weight is 625 g/mol. The Morgan fingerprint density at radius 1 is 0.778 bits per heavy atom. The number of amides is 4. The van der Waals surface area contributed by atoms with E-state index in [2.05, 4.69) is 0 Å². The van der Waals surface area contributed by atoms with Crippen LogP contribution < -0.4 is 4.74 Å². The fourth-order valence-electron chi connectivity index (χ4n) is 7.87. The molecule has 3 N–H and O–H groups in total. The second-order valence-corrected chi connectivity index (χ2v) is 12.5. The summed E-state index contributed by atoms with van der Waals surface area (Å²) < 4.78 is 5.26. The van der Waals surface area contributed by atoms with Gasteiger partial charge in [-0.3, -0.25) is 38.6 Å². The van der Waals surface area contributed by atoms with Crippen LogP contribution >= 0.6 is 0 Å². The van der Waals surface area contributed by atoms with Gasteiger partial charge in [-0.15, -0.1) is 0 Å². The normalized spacial score (nSPS) is 27.3. The van der Waals surface area contributed by atoms with Gasteiger partial charge < -0.3 is 20.1 Å². The number of hydrogen-bond donors (Lipinski definition) is 3. The number of phenolic OH excluding ortho intramolecular Hbond substituents is 1. The van der Waals surface area contributed by atoms with Crippen LogP contribution in [-0.4, -0.2) is 80.9 Å². The monoisotopic (exact) mass is 624 g/mol. The summed E-state index contributed by atoms with van der Waals surface area (Å²) in [6.07, 6.45) is 5.45. The maximum atomic E-state index is 13.9. The minimum Gasteiger partial charge on any atom is -0.508 e. The lowest BCUT2D eigenvalue weighted by Crippen LogP contribution is -2.43. The molecular weight excluding hydrogens is 584 g/mol. The fraction of sp³-hybridized carbons (Fsp3) is 0.576. The molecule has 2 aliphatic heterocycles. The quantitative estimate of drug-likeness (QED) is 0.158. The van der Waals surface area contributed by atoms with E-state index in [9.17, 15) is 33.9 Å². The standard InChI is InChI=1S/C33H40N2O10/c1-45-18-10-11-20(24(36)16-18)27-19-12-13-21-28(32(43)34(30(21)41)14-6-2-4-8-25(37)38)22(19)17-23-29(27)33(44)35(31(23)42)15-7-3-5-9-26(39)40/h10-12,16,21-23,27-29,36H,2-9,13-15,17H2,1H3,(H,37,38)(H,39,40)/t21-,22+,23+,27+,28-,29+/m0/s1. The Bertz CT molecular complexity index is 1420. The zero-order valence-electron chi connectivity index (χ0n) is 25.4. The van der Waals surface area contributed by atoms with Crippen LogP contribution in [0.5, 0.6) is 11.5 Å². The number of hydrogen-bond acceptors (Lipinski definition) is 8. The van der Waals surface area contributed by atoms with Gasteiger partial charge in [-0.2, -0.15) is 0 Å². The van der Waals surface area contributed by atoms with Crippen LogP contribution in [0.15, 0.2) is 29.8 Å². The molecule has 1 saturated carbocycles. The third-order valence-electron chi connectivity index (χ3n) is 9.95. The number of unbranched alkanes of at least 4 members (excludes halogenated alkanes) is 4. The molecule has 2 saturated heterocycles. The molecule has 6 atom stereocenters. The number of ether oxygens (including phenoxy) is 1. The number of carboxylic acids is 2. The number of allylic oxidation sites excluding steroid dienone is 2. The van der Waals surface area contributed by atoms with Crippen LogP contribution in [0.1, 0.15) is 75.7 Å².